The Morgan fingerprint density at radius 1 is 1.35 bits per heavy atom. The highest BCUT2D eigenvalue weighted by Crippen LogP contribution is 2.26. The van der Waals surface area contributed by atoms with E-state index in [0.29, 0.717) is 22.3 Å². The SMILES string of the molecule is CN(C)C(=O)Cc1nnc(NC(=O)c2ccc3c(c2)CCO3)s1. The Labute approximate surface area is 137 Å². The van der Waals surface area contributed by atoms with Crippen LogP contribution in [0.3, 0.4) is 0 Å². The number of rotatable bonds is 4. The molecule has 0 unspecified atom stereocenters. The first-order valence-electron chi connectivity index (χ1n) is 7.12. The molecule has 8 heteroatoms. The zero-order valence-corrected chi connectivity index (χ0v) is 13.6. The molecule has 120 valence electrons. The Kier molecular flexibility index (Phi) is 4.24. The largest absolute Gasteiger partial charge is 0.493 e. The molecule has 0 aliphatic carbocycles. The standard InChI is InChI=1S/C15H16N4O3S/c1-19(2)13(20)8-12-17-18-15(23-12)16-14(21)10-3-4-11-9(7-10)5-6-22-11/h3-4,7H,5-6,8H2,1-2H3,(H,16,18,21). The number of fused-ring (bicyclic) bond motifs is 1. The van der Waals surface area contributed by atoms with E-state index in [1.165, 1.54) is 16.2 Å². The number of hydrogen-bond donors (Lipinski definition) is 1. The number of amides is 2. The Bertz CT molecular complexity index is 757. The zero-order valence-electron chi connectivity index (χ0n) is 12.8. The maximum atomic E-state index is 12.3. The number of aromatic nitrogens is 2. The number of anilines is 1. The van der Waals surface area contributed by atoms with Gasteiger partial charge in [-0.1, -0.05) is 11.3 Å². The van der Waals surface area contributed by atoms with Crippen molar-refractivity contribution in [2.24, 2.45) is 0 Å². The second kappa shape index (κ2) is 6.33. The third kappa shape index (κ3) is 3.48. The average Bonchev–Trinajstić information content (AvgIpc) is 3.15. The van der Waals surface area contributed by atoms with E-state index < -0.39 is 0 Å². The van der Waals surface area contributed by atoms with Gasteiger partial charge in [-0.25, -0.2) is 0 Å². The van der Waals surface area contributed by atoms with Crippen molar-refractivity contribution in [2.45, 2.75) is 12.8 Å². The summed E-state index contributed by atoms with van der Waals surface area (Å²) in [6, 6.07) is 5.35. The monoisotopic (exact) mass is 332 g/mol. The third-order valence-electron chi connectivity index (χ3n) is 3.44. The number of carbonyl (C=O) groups excluding carboxylic acids is 2. The molecule has 1 aliphatic heterocycles. The number of nitrogens with one attached hydrogen (secondary N) is 1. The van der Waals surface area contributed by atoms with Gasteiger partial charge in [-0.2, -0.15) is 0 Å². The first-order chi connectivity index (χ1) is 11.0. The molecule has 0 spiro atoms. The van der Waals surface area contributed by atoms with Crippen molar-refractivity contribution in [3.8, 4) is 5.75 Å². The molecular formula is C15H16N4O3S. The lowest BCUT2D eigenvalue weighted by atomic mass is 10.1. The van der Waals surface area contributed by atoms with Crippen molar-refractivity contribution in [2.75, 3.05) is 26.0 Å². The summed E-state index contributed by atoms with van der Waals surface area (Å²) in [6.07, 6.45) is 0.989. The van der Waals surface area contributed by atoms with E-state index >= 15 is 0 Å². The van der Waals surface area contributed by atoms with E-state index in [4.69, 9.17) is 4.74 Å². The van der Waals surface area contributed by atoms with Gasteiger partial charge in [0.25, 0.3) is 5.91 Å². The van der Waals surface area contributed by atoms with Crippen molar-refractivity contribution in [1.82, 2.24) is 15.1 Å². The van der Waals surface area contributed by atoms with Gasteiger partial charge in [-0.3, -0.25) is 14.9 Å². The lowest BCUT2D eigenvalue weighted by Crippen LogP contribution is -2.23. The first-order valence-corrected chi connectivity index (χ1v) is 7.94. The van der Waals surface area contributed by atoms with Crippen LogP contribution in [0.25, 0.3) is 0 Å². The minimum Gasteiger partial charge on any atom is -0.493 e. The van der Waals surface area contributed by atoms with Crippen LogP contribution in [0.5, 0.6) is 5.75 Å². The van der Waals surface area contributed by atoms with E-state index in [-0.39, 0.29) is 18.2 Å². The molecular weight excluding hydrogens is 316 g/mol. The number of nitrogens with zero attached hydrogens (tertiary/aromatic N) is 3. The van der Waals surface area contributed by atoms with Gasteiger partial charge < -0.3 is 9.64 Å². The number of ether oxygens (including phenoxy) is 1. The normalized spacial score (nSPS) is 12.4. The summed E-state index contributed by atoms with van der Waals surface area (Å²) < 4.78 is 5.42. The molecule has 23 heavy (non-hydrogen) atoms. The minimum atomic E-state index is -0.249. The van der Waals surface area contributed by atoms with Gasteiger partial charge in [-0.15, -0.1) is 10.2 Å². The molecule has 0 saturated carbocycles. The Morgan fingerprint density at radius 3 is 2.96 bits per heavy atom. The molecule has 1 aromatic heterocycles. The molecule has 3 rings (SSSR count). The highest BCUT2D eigenvalue weighted by Gasteiger charge is 2.17. The molecule has 2 aromatic rings. The Hall–Kier alpha value is -2.48. The number of hydrogen-bond acceptors (Lipinski definition) is 6. The van der Waals surface area contributed by atoms with Crippen molar-refractivity contribution in [1.29, 1.82) is 0 Å². The topological polar surface area (TPSA) is 84.4 Å². The summed E-state index contributed by atoms with van der Waals surface area (Å²) in [7, 11) is 3.37. The molecule has 0 saturated heterocycles. The van der Waals surface area contributed by atoms with Crippen molar-refractivity contribution >= 4 is 28.3 Å². The zero-order chi connectivity index (χ0) is 16.4. The van der Waals surface area contributed by atoms with Gasteiger partial charge in [0.15, 0.2) is 0 Å². The lowest BCUT2D eigenvalue weighted by molar-refractivity contribution is -0.127. The van der Waals surface area contributed by atoms with Crippen LogP contribution in [0.1, 0.15) is 20.9 Å². The predicted octanol–water partition coefficient (Wildman–Crippen LogP) is 1.36. The second-order valence-corrected chi connectivity index (χ2v) is 6.40. The summed E-state index contributed by atoms with van der Waals surface area (Å²) >= 11 is 1.20. The number of carbonyl (C=O) groups is 2. The van der Waals surface area contributed by atoms with Crippen LogP contribution >= 0.6 is 11.3 Å². The number of benzene rings is 1. The highest BCUT2D eigenvalue weighted by molar-refractivity contribution is 7.15. The van der Waals surface area contributed by atoms with Crippen molar-refractivity contribution in [3.05, 3.63) is 34.3 Å². The molecule has 0 atom stereocenters. The van der Waals surface area contributed by atoms with E-state index in [9.17, 15) is 9.59 Å². The molecule has 7 nitrogen and oxygen atoms in total. The summed E-state index contributed by atoms with van der Waals surface area (Å²) in [5.74, 6) is 0.529. The summed E-state index contributed by atoms with van der Waals surface area (Å²) in [5, 5.41) is 11.5. The van der Waals surface area contributed by atoms with Crippen LogP contribution in [-0.2, 0) is 17.6 Å². The molecule has 1 N–H and O–H groups in total. The molecule has 0 radical (unpaired) electrons. The highest BCUT2D eigenvalue weighted by atomic mass is 32.1. The van der Waals surface area contributed by atoms with E-state index in [1.54, 1.807) is 26.2 Å². The molecule has 0 bridgehead atoms. The minimum absolute atomic E-state index is 0.0577. The van der Waals surface area contributed by atoms with Crippen LogP contribution in [0, 0.1) is 0 Å². The second-order valence-electron chi connectivity index (χ2n) is 5.34. The Morgan fingerprint density at radius 2 is 2.17 bits per heavy atom. The fourth-order valence-electron chi connectivity index (χ4n) is 2.16. The Balaban J connectivity index is 1.66. The van der Waals surface area contributed by atoms with Crippen molar-refractivity contribution < 1.29 is 14.3 Å². The van der Waals surface area contributed by atoms with Gasteiger partial charge in [0.2, 0.25) is 11.0 Å². The lowest BCUT2D eigenvalue weighted by Gasteiger charge is -2.07. The van der Waals surface area contributed by atoms with Crippen LogP contribution < -0.4 is 10.1 Å². The number of likely N-dealkylation sites (N-methyl/N-ethyl adjacent to an activating group) is 1. The summed E-state index contributed by atoms with van der Waals surface area (Å²) in [5.41, 5.74) is 1.59. The fourth-order valence-corrected chi connectivity index (χ4v) is 2.89. The van der Waals surface area contributed by atoms with E-state index in [1.807, 2.05) is 6.07 Å². The first kappa shape index (κ1) is 15.4. The van der Waals surface area contributed by atoms with Gasteiger partial charge in [0.1, 0.15) is 10.8 Å². The van der Waals surface area contributed by atoms with Gasteiger partial charge in [-0.05, 0) is 23.8 Å². The molecule has 0 fully saturated rings. The van der Waals surface area contributed by atoms with E-state index in [2.05, 4.69) is 15.5 Å². The summed E-state index contributed by atoms with van der Waals surface area (Å²) in [4.78, 5) is 25.4. The molecule has 1 aliphatic rings. The smallest absolute Gasteiger partial charge is 0.257 e. The maximum absolute atomic E-state index is 12.3. The van der Waals surface area contributed by atoms with Crippen LogP contribution in [-0.4, -0.2) is 47.6 Å². The van der Waals surface area contributed by atoms with E-state index in [0.717, 1.165) is 17.7 Å². The molecule has 2 amide bonds. The van der Waals surface area contributed by atoms with Gasteiger partial charge in [0.05, 0.1) is 13.0 Å². The van der Waals surface area contributed by atoms with Crippen LogP contribution in [0.15, 0.2) is 18.2 Å². The van der Waals surface area contributed by atoms with Crippen molar-refractivity contribution in [3.63, 3.8) is 0 Å². The average molecular weight is 332 g/mol. The quantitative estimate of drug-likeness (QED) is 0.914. The molecule has 2 heterocycles. The third-order valence-corrected chi connectivity index (χ3v) is 4.28. The molecule has 1 aromatic carbocycles. The predicted molar refractivity (Wildman–Crippen MR) is 85.9 cm³/mol. The van der Waals surface area contributed by atoms with Gasteiger partial charge >= 0.3 is 0 Å². The van der Waals surface area contributed by atoms with Crippen LogP contribution in [0.4, 0.5) is 5.13 Å². The maximum Gasteiger partial charge on any atom is 0.257 e. The van der Waals surface area contributed by atoms with Crippen LogP contribution in [0.2, 0.25) is 0 Å². The van der Waals surface area contributed by atoms with Gasteiger partial charge in [0, 0.05) is 26.1 Å². The summed E-state index contributed by atoms with van der Waals surface area (Å²) in [6.45, 7) is 0.653. The fraction of sp³-hybridized carbons (Fsp3) is 0.333.